The van der Waals surface area contributed by atoms with Gasteiger partial charge < -0.3 is 30.2 Å². The highest BCUT2D eigenvalue weighted by Gasteiger charge is 2.57. The molecule has 4 rings (SSSR count). The number of hydrogen-bond acceptors (Lipinski definition) is 12. The minimum absolute atomic E-state index is 0.0143. The molecule has 5 N–H and O–H groups in total. The van der Waals surface area contributed by atoms with Crippen molar-refractivity contribution in [1.29, 1.82) is 0 Å². The van der Waals surface area contributed by atoms with E-state index in [1.165, 1.54) is 30.0 Å². The fraction of sp³-hybridized carbons (Fsp3) is 0.538. The van der Waals surface area contributed by atoms with Gasteiger partial charge >= 0.3 is 13.7 Å². The molecule has 1 aliphatic rings. The predicted octanol–water partition coefficient (Wildman–Crippen LogP) is 3.57. The van der Waals surface area contributed by atoms with Crippen molar-refractivity contribution in [2.45, 2.75) is 76.9 Å². The molecule has 3 heterocycles. The van der Waals surface area contributed by atoms with E-state index in [0.29, 0.717) is 11.3 Å². The van der Waals surface area contributed by atoms with Gasteiger partial charge in [-0.15, -0.1) is 11.6 Å². The Labute approximate surface area is 253 Å². The normalized spacial score (nSPS) is 24.3. The van der Waals surface area contributed by atoms with Crippen LogP contribution in [0.25, 0.3) is 11.2 Å². The third-order valence-electron chi connectivity index (χ3n) is 6.34. The summed E-state index contributed by atoms with van der Waals surface area (Å²) in [6.07, 6.45) is -4.49. The maximum atomic E-state index is 15.8. The third-order valence-corrected chi connectivity index (χ3v) is 8.41. The van der Waals surface area contributed by atoms with Crippen LogP contribution in [0.5, 0.6) is 5.75 Å². The van der Waals surface area contributed by atoms with Crippen molar-refractivity contribution >= 4 is 48.2 Å². The zero-order valence-corrected chi connectivity index (χ0v) is 26.0. The summed E-state index contributed by atoms with van der Waals surface area (Å²) in [5, 5.41) is 16.7. The number of anilines is 2. The lowest BCUT2D eigenvalue weighted by Crippen LogP contribution is -2.48. The van der Waals surface area contributed by atoms with Crippen LogP contribution >= 0.6 is 19.3 Å². The number of ether oxygens (including phenoxy) is 2. The first kappa shape index (κ1) is 32.8. The second-order valence-electron chi connectivity index (χ2n) is 10.7. The van der Waals surface area contributed by atoms with Crippen LogP contribution in [-0.4, -0.2) is 79.1 Å². The SMILES string of the molecule is CC(C)Nc1nc(N)nc2c1ncn2[C@@H]1O[C@](CCl)(CO[P@](=O)(N[C@@H](C)C(=O)OC(C)C)Oc2ccccc2)[C@@H](O)[C@@H]1F. The van der Waals surface area contributed by atoms with Gasteiger partial charge in [0, 0.05) is 6.04 Å². The molecule has 0 spiro atoms. The van der Waals surface area contributed by atoms with Gasteiger partial charge in [0.1, 0.15) is 23.5 Å². The molecule has 0 radical (unpaired) electrons. The van der Waals surface area contributed by atoms with E-state index < -0.39 is 62.5 Å². The Balaban J connectivity index is 1.61. The largest absolute Gasteiger partial charge is 0.462 e. The van der Waals surface area contributed by atoms with Crippen molar-refractivity contribution in [2.24, 2.45) is 0 Å². The molecule has 17 heteroatoms. The number of fused-ring (bicyclic) bond motifs is 1. The zero-order valence-electron chi connectivity index (χ0n) is 24.3. The average Bonchev–Trinajstić information content (AvgIpc) is 3.46. The van der Waals surface area contributed by atoms with Crippen LogP contribution in [0.4, 0.5) is 16.2 Å². The van der Waals surface area contributed by atoms with Gasteiger partial charge in [-0.05, 0) is 46.8 Å². The van der Waals surface area contributed by atoms with Crippen molar-refractivity contribution in [1.82, 2.24) is 24.6 Å². The molecule has 0 amide bonds. The van der Waals surface area contributed by atoms with Crippen LogP contribution in [0.2, 0.25) is 0 Å². The number of aromatic nitrogens is 4. The molecule has 236 valence electrons. The molecule has 0 bridgehead atoms. The lowest BCUT2D eigenvalue weighted by Gasteiger charge is -2.31. The molecule has 0 saturated carbocycles. The van der Waals surface area contributed by atoms with Crippen molar-refractivity contribution in [3.05, 3.63) is 36.7 Å². The van der Waals surface area contributed by atoms with Crippen LogP contribution in [0, 0.1) is 0 Å². The molecule has 2 aromatic heterocycles. The number of benzene rings is 1. The number of imidazole rings is 1. The van der Waals surface area contributed by atoms with E-state index in [1.807, 2.05) is 13.8 Å². The molecule has 43 heavy (non-hydrogen) atoms. The fourth-order valence-electron chi connectivity index (χ4n) is 4.32. The third kappa shape index (κ3) is 7.36. The Morgan fingerprint density at radius 1 is 1.26 bits per heavy atom. The lowest BCUT2D eigenvalue weighted by atomic mass is 9.99. The minimum atomic E-state index is -4.38. The van der Waals surface area contributed by atoms with Gasteiger partial charge in [0.25, 0.3) is 0 Å². The van der Waals surface area contributed by atoms with Crippen LogP contribution < -0.4 is 20.7 Å². The predicted molar refractivity (Wildman–Crippen MR) is 157 cm³/mol. The average molecular weight is 644 g/mol. The van der Waals surface area contributed by atoms with Gasteiger partial charge in [0.2, 0.25) is 5.95 Å². The maximum absolute atomic E-state index is 15.8. The lowest BCUT2D eigenvalue weighted by molar-refractivity contribution is -0.149. The Morgan fingerprint density at radius 2 is 1.95 bits per heavy atom. The summed E-state index contributed by atoms with van der Waals surface area (Å²) >= 11 is 6.24. The summed E-state index contributed by atoms with van der Waals surface area (Å²) in [4.78, 5) is 25.1. The van der Waals surface area contributed by atoms with E-state index in [1.54, 1.807) is 32.0 Å². The number of alkyl halides is 2. The summed E-state index contributed by atoms with van der Waals surface area (Å²) in [5.41, 5.74) is 4.46. The first-order valence-corrected chi connectivity index (χ1v) is 15.6. The molecule has 0 unspecified atom stereocenters. The summed E-state index contributed by atoms with van der Waals surface area (Å²) in [6.45, 7) is 7.85. The molecule has 14 nitrogen and oxygen atoms in total. The highest BCUT2D eigenvalue weighted by atomic mass is 35.5. The van der Waals surface area contributed by atoms with E-state index in [2.05, 4.69) is 25.4 Å². The van der Waals surface area contributed by atoms with Gasteiger partial charge in [0.05, 0.1) is 24.9 Å². The van der Waals surface area contributed by atoms with Crippen molar-refractivity contribution in [3.8, 4) is 5.75 Å². The summed E-state index contributed by atoms with van der Waals surface area (Å²) in [7, 11) is -4.38. The second-order valence-corrected chi connectivity index (χ2v) is 12.6. The summed E-state index contributed by atoms with van der Waals surface area (Å²) in [5.74, 6) is -0.764. The van der Waals surface area contributed by atoms with Gasteiger partial charge in [-0.1, -0.05) is 18.2 Å². The number of aliphatic hydroxyl groups excluding tert-OH is 1. The molecule has 0 aliphatic carbocycles. The molecular formula is C26H36ClFN7O7P. The monoisotopic (exact) mass is 643 g/mol. The van der Waals surface area contributed by atoms with Gasteiger partial charge in [0.15, 0.2) is 29.4 Å². The van der Waals surface area contributed by atoms with Crippen LogP contribution in [-0.2, 0) is 23.4 Å². The molecule has 6 atom stereocenters. The molecule has 1 fully saturated rings. The first-order chi connectivity index (χ1) is 20.3. The Bertz CT molecular complexity index is 1470. The number of nitrogens with two attached hydrogens (primary N) is 1. The number of halogens is 2. The van der Waals surface area contributed by atoms with Gasteiger partial charge in [-0.25, -0.2) is 13.9 Å². The molecular weight excluding hydrogens is 608 g/mol. The van der Waals surface area contributed by atoms with Gasteiger partial charge in [-0.2, -0.15) is 15.1 Å². The minimum Gasteiger partial charge on any atom is -0.462 e. The standard InChI is InChI=1S/C26H36ClFN7O7P/c1-14(2)31-21-19-22(33-25(29)32-21)35(13-30-19)23-18(28)20(36)26(11-27,41-23)12-39-43(38,42-17-9-7-6-8-10-17)34-16(5)24(37)40-15(3)4/h6-10,13-16,18,20,23,36H,11-12H2,1-5H3,(H,34,38)(H3,29,31,32,33)/t16-,18-,20-,23+,26+,43+/m0/s1. The Hall–Kier alpha value is -3.07. The maximum Gasteiger partial charge on any atom is 0.459 e. The van der Waals surface area contributed by atoms with Crippen molar-refractivity contribution < 1.29 is 37.4 Å². The molecule has 1 saturated heterocycles. The van der Waals surface area contributed by atoms with E-state index >= 15 is 4.39 Å². The second kappa shape index (κ2) is 13.3. The summed E-state index contributed by atoms with van der Waals surface area (Å²) < 4.78 is 53.5. The number of esters is 1. The van der Waals surface area contributed by atoms with Crippen LogP contribution in [0.15, 0.2) is 36.7 Å². The van der Waals surface area contributed by atoms with E-state index in [9.17, 15) is 14.5 Å². The first-order valence-electron chi connectivity index (χ1n) is 13.6. The Morgan fingerprint density at radius 3 is 2.58 bits per heavy atom. The highest BCUT2D eigenvalue weighted by Crippen LogP contribution is 2.49. The number of carbonyl (C=O) groups is 1. The van der Waals surface area contributed by atoms with Crippen LogP contribution in [0.1, 0.15) is 40.8 Å². The van der Waals surface area contributed by atoms with Crippen molar-refractivity contribution in [3.63, 3.8) is 0 Å². The molecule has 3 aromatic rings. The number of aliphatic hydroxyl groups is 1. The van der Waals surface area contributed by atoms with E-state index in [0.717, 1.165) is 0 Å². The number of nitrogens with zero attached hydrogens (tertiary/aromatic N) is 4. The topological polar surface area (TPSA) is 185 Å². The number of para-hydroxylation sites is 1. The van der Waals surface area contributed by atoms with Gasteiger partial charge in [-0.3, -0.25) is 13.9 Å². The number of nitrogens with one attached hydrogen (secondary N) is 2. The summed E-state index contributed by atoms with van der Waals surface area (Å²) in [6, 6.07) is 6.93. The van der Waals surface area contributed by atoms with Crippen LogP contribution in [0.3, 0.4) is 0 Å². The number of rotatable bonds is 13. The fourth-order valence-corrected chi connectivity index (χ4v) is 6.17. The number of nitrogen functional groups attached to an aromatic ring is 1. The van der Waals surface area contributed by atoms with E-state index in [4.69, 9.17) is 35.9 Å². The number of carbonyl (C=O) groups excluding carboxylic acids is 1. The smallest absolute Gasteiger partial charge is 0.459 e. The Kier molecular flexibility index (Phi) is 10.1. The van der Waals surface area contributed by atoms with Crippen molar-refractivity contribution in [2.75, 3.05) is 23.5 Å². The zero-order chi connectivity index (χ0) is 31.5. The quantitative estimate of drug-likeness (QED) is 0.120. The van der Waals surface area contributed by atoms with E-state index in [-0.39, 0.29) is 23.4 Å². The molecule has 1 aromatic carbocycles. The molecule has 1 aliphatic heterocycles. The highest BCUT2D eigenvalue weighted by molar-refractivity contribution is 7.52. The number of hydrogen-bond donors (Lipinski definition) is 4.